The molecule has 0 saturated carbocycles. The van der Waals surface area contributed by atoms with Gasteiger partial charge in [0.05, 0.1) is 0 Å². The number of amides is 1. The van der Waals surface area contributed by atoms with Crippen molar-refractivity contribution in [3.05, 3.63) is 70.6 Å². The standard InChI is InChI=1S/C17H12FN5OS/c18-13-3-1-11(2-4-13)8-19-17(24)15-7-14(12-5-6-25-9-12)16-21-20-10-23(16)22-15/h1-7,9-10H,8H2,(H,19,24). The van der Waals surface area contributed by atoms with Crippen molar-refractivity contribution in [2.45, 2.75) is 6.54 Å². The molecule has 0 aliphatic heterocycles. The van der Waals surface area contributed by atoms with Gasteiger partial charge in [-0.25, -0.2) is 4.39 Å². The summed E-state index contributed by atoms with van der Waals surface area (Å²) in [5.41, 5.74) is 3.40. The Morgan fingerprint density at radius 3 is 2.84 bits per heavy atom. The summed E-state index contributed by atoms with van der Waals surface area (Å²) in [6.07, 6.45) is 1.46. The molecule has 0 atom stereocenters. The Hall–Kier alpha value is -3.13. The third-order valence-corrected chi connectivity index (χ3v) is 4.38. The van der Waals surface area contributed by atoms with E-state index >= 15 is 0 Å². The van der Waals surface area contributed by atoms with E-state index in [1.807, 2.05) is 16.8 Å². The van der Waals surface area contributed by atoms with Crippen molar-refractivity contribution < 1.29 is 9.18 Å². The molecule has 124 valence electrons. The quantitative estimate of drug-likeness (QED) is 0.612. The summed E-state index contributed by atoms with van der Waals surface area (Å²) in [6, 6.07) is 9.63. The SMILES string of the molecule is O=C(NCc1ccc(F)cc1)c1cc(-c2ccsc2)c2nncn2n1. The van der Waals surface area contributed by atoms with Gasteiger partial charge in [0, 0.05) is 12.1 Å². The fourth-order valence-electron chi connectivity index (χ4n) is 2.44. The molecule has 3 heterocycles. The smallest absolute Gasteiger partial charge is 0.272 e. The van der Waals surface area contributed by atoms with Crippen molar-refractivity contribution >= 4 is 22.9 Å². The maximum absolute atomic E-state index is 12.9. The molecule has 0 saturated heterocycles. The van der Waals surface area contributed by atoms with Gasteiger partial charge in [-0.15, -0.1) is 10.2 Å². The average Bonchev–Trinajstić information content (AvgIpc) is 3.31. The number of carbonyl (C=O) groups is 1. The summed E-state index contributed by atoms with van der Waals surface area (Å²) < 4.78 is 14.4. The molecule has 0 fully saturated rings. The number of carbonyl (C=O) groups excluding carboxylic acids is 1. The van der Waals surface area contributed by atoms with E-state index in [0.29, 0.717) is 5.65 Å². The summed E-state index contributed by atoms with van der Waals surface area (Å²) in [5, 5.41) is 18.9. The van der Waals surface area contributed by atoms with Gasteiger partial charge in [-0.05, 0) is 46.2 Å². The minimum Gasteiger partial charge on any atom is -0.347 e. The fourth-order valence-corrected chi connectivity index (χ4v) is 3.10. The summed E-state index contributed by atoms with van der Waals surface area (Å²) in [6.45, 7) is 0.287. The van der Waals surface area contributed by atoms with Crippen molar-refractivity contribution in [1.29, 1.82) is 0 Å². The molecule has 1 aromatic carbocycles. The first-order valence-electron chi connectivity index (χ1n) is 7.47. The predicted molar refractivity (Wildman–Crippen MR) is 91.7 cm³/mol. The van der Waals surface area contributed by atoms with E-state index in [9.17, 15) is 9.18 Å². The summed E-state index contributed by atoms with van der Waals surface area (Å²) in [5.74, 6) is -0.633. The second-order valence-electron chi connectivity index (χ2n) is 5.36. The Balaban J connectivity index is 1.62. The number of benzene rings is 1. The molecule has 8 heteroatoms. The molecular formula is C17H12FN5OS. The molecule has 1 N–H and O–H groups in total. The molecule has 0 aliphatic rings. The van der Waals surface area contributed by atoms with Gasteiger partial charge in [0.25, 0.3) is 5.91 Å². The zero-order valence-electron chi connectivity index (χ0n) is 12.9. The van der Waals surface area contributed by atoms with Crippen LogP contribution in [0.2, 0.25) is 0 Å². The first-order valence-corrected chi connectivity index (χ1v) is 8.41. The number of nitrogens with zero attached hydrogens (tertiary/aromatic N) is 4. The van der Waals surface area contributed by atoms with Crippen LogP contribution in [-0.2, 0) is 6.54 Å². The number of fused-ring (bicyclic) bond motifs is 1. The largest absolute Gasteiger partial charge is 0.347 e. The molecule has 0 aliphatic carbocycles. The molecule has 0 unspecified atom stereocenters. The van der Waals surface area contributed by atoms with Crippen molar-refractivity contribution in [3.63, 3.8) is 0 Å². The van der Waals surface area contributed by atoms with E-state index in [1.54, 1.807) is 29.5 Å². The highest BCUT2D eigenvalue weighted by Crippen LogP contribution is 2.25. The lowest BCUT2D eigenvalue weighted by Gasteiger charge is -2.07. The van der Waals surface area contributed by atoms with Crippen molar-refractivity contribution in [2.24, 2.45) is 0 Å². The highest BCUT2D eigenvalue weighted by atomic mass is 32.1. The lowest BCUT2D eigenvalue weighted by atomic mass is 10.1. The van der Waals surface area contributed by atoms with Crippen LogP contribution in [0.15, 0.2) is 53.5 Å². The van der Waals surface area contributed by atoms with E-state index in [1.165, 1.54) is 23.0 Å². The number of nitrogens with one attached hydrogen (secondary N) is 1. The number of rotatable bonds is 4. The Labute approximate surface area is 146 Å². The van der Waals surface area contributed by atoms with Gasteiger partial charge in [0.2, 0.25) is 0 Å². The molecular weight excluding hydrogens is 341 g/mol. The van der Waals surface area contributed by atoms with Crippen LogP contribution in [0.4, 0.5) is 4.39 Å². The number of aromatic nitrogens is 4. The molecule has 4 aromatic rings. The van der Waals surface area contributed by atoms with Gasteiger partial charge in [-0.2, -0.15) is 21.0 Å². The van der Waals surface area contributed by atoms with Crippen LogP contribution in [0.1, 0.15) is 16.1 Å². The number of hydrogen-bond donors (Lipinski definition) is 1. The molecule has 3 aromatic heterocycles. The van der Waals surface area contributed by atoms with E-state index in [2.05, 4.69) is 20.6 Å². The van der Waals surface area contributed by atoms with Crippen LogP contribution in [0, 0.1) is 5.82 Å². The van der Waals surface area contributed by atoms with Gasteiger partial charge in [-0.1, -0.05) is 12.1 Å². The zero-order chi connectivity index (χ0) is 17.2. The summed E-state index contributed by atoms with van der Waals surface area (Å²) in [7, 11) is 0. The average molecular weight is 353 g/mol. The highest BCUT2D eigenvalue weighted by molar-refractivity contribution is 7.08. The fraction of sp³-hybridized carbons (Fsp3) is 0.0588. The van der Waals surface area contributed by atoms with E-state index in [0.717, 1.165) is 16.7 Å². The second-order valence-corrected chi connectivity index (χ2v) is 6.14. The van der Waals surface area contributed by atoms with Gasteiger partial charge >= 0.3 is 0 Å². The van der Waals surface area contributed by atoms with Crippen LogP contribution < -0.4 is 5.32 Å². The van der Waals surface area contributed by atoms with Crippen LogP contribution in [0.25, 0.3) is 16.8 Å². The maximum atomic E-state index is 12.9. The van der Waals surface area contributed by atoms with Crippen LogP contribution in [0.5, 0.6) is 0 Å². The third kappa shape index (κ3) is 3.11. The van der Waals surface area contributed by atoms with Crippen molar-refractivity contribution in [1.82, 2.24) is 25.1 Å². The summed E-state index contributed by atoms with van der Waals surface area (Å²) >= 11 is 1.56. The maximum Gasteiger partial charge on any atom is 0.272 e. The third-order valence-electron chi connectivity index (χ3n) is 3.70. The lowest BCUT2D eigenvalue weighted by molar-refractivity contribution is 0.0944. The first kappa shape index (κ1) is 15.4. The van der Waals surface area contributed by atoms with Crippen LogP contribution in [-0.4, -0.2) is 25.7 Å². The Kier molecular flexibility index (Phi) is 3.95. The number of thiophene rings is 1. The van der Waals surface area contributed by atoms with E-state index in [-0.39, 0.29) is 24.0 Å². The Bertz CT molecular complexity index is 1030. The topological polar surface area (TPSA) is 72.2 Å². The van der Waals surface area contributed by atoms with E-state index in [4.69, 9.17) is 0 Å². The molecule has 4 rings (SSSR count). The van der Waals surface area contributed by atoms with Gasteiger partial charge in [-0.3, -0.25) is 4.79 Å². The lowest BCUT2D eigenvalue weighted by Crippen LogP contribution is -2.24. The number of halogens is 1. The normalized spacial score (nSPS) is 10.9. The highest BCUT2D eigenvalue weighted by Gasteiger charge is 2.15. The van der Waals surface area contributed by atoms with Crippen LogP contribution in [0.3, 0.4) is 0 Å². The van der Waals surface area contributed by atoms with E-state index < -0.39 is 0 Å². The summed E-state index contributed by atoms with van der Waals surface area (Å²) in [4.78, 5) is 12.5. The van der Waals surface area contributed by atoms with Gasteiger partial charge < -0.3 is 5.32 Å². The van der Waals surface area contributed by atoms with Crippen molar-refractivity contribution in [3.8, 4) is 11.1 Å². The van der Waals surface area contributed by atoms with Gasteiger partial charge in [0.15, 0.2) is 5.65 Å². The predicted octanol–water partition coefficient (Wildman–Crippen LogP) is 2.92. The first-order chi connectivity index (χ1) is 12.2. The molecule has 0 spiro atoms. The molecule has 0 bridgehead atoms. The Morgan fingerprint density at radius 2 is 2.08 bits per heavy atom. The molecule has 0 radical (unpaired) electrons. The zero-order valence-corrected chi connectivity index (χ0v) is 13.7. The van der Waals surface area contributed by atoms with Crippen molar-refractivity contribution in [2.75, 3.05) is 0 Å². The molecule has 6 nitrogen and oxygen atoms in total. The van der Waals surface area contributed by atoms with Gasteiger partial charge in [0.1, 0.15) is 17.8 Å². The minimum atomic E-state index is -0.323. The number of hydrogen-bond acceptors (Lipinski definition) is 5. The Morgan fingerprint density at radius 1 is 1.24 bits per heavy atom. The van der Waals surface area contributed by atoms with Crippen LogP contribution >= 0.6 is 11.3 Å². The monoisotopic (exact) mass is 353 g/mol. The second kappa shape index (κ2) is 6.40. The minimum absolute atomic E-state index is 0.260. The molecule has 1 amide bonds. The molecule has 25 heavy (non-hydrogen) atoms.